The Bertz CT molecular complexity index is 992. The highest BCUT2D eigenvalue weighted by atomic mass is 32.2. The van der Waals surface area contributed by atoms with Crippen LogP contribution < -0.4 is 0 Å². The van der Waals surface area contributed by atoms with Gasteiger partial charge in [-0.05, 0) is 79.4 Å². The van der Waals surface area contributed by atoms with Crippen LogP contribution >= 0.6 is 35.5 Å². The van der Waals surface area contributed by atoms with E-state index in [-0.39, 0.29) is 16.2 Å². The average molecular weight is 516 g/mol. The van der Waals surface area contributed by atoms with Gasteiger partial charge in [-0.2, -0.15) is 4.40 Å². The van der Waals surface area contributed by atoms with E-state index in [2.05, 4.69) is 0 Å². The fourth-order valence-electron chi connectivity index (χ4n) is 3.68. The maximum Gasteiger partial charge on any atom is 0.197 e. The Morgan fingerprint density at radius 3 is 1.91 bits per heavy atom. The van der Waals surface area contributed by atoms with Crippen molar-refractivity contribution in [3.63, 3.8) is 0 Å². The normalized spacial score (nSPS) is 14.6. The van der Waals surface area contributed by atoms with Crippen LogP contribution in [0.2, 0.25) is 0 Å². The van der Waals surface area contributed by atoms with Gasteiger partial charge in [-0.3, -0.25) is 0 Å². The second-order valence-electron chi connectivity index (χ2n) is 8.13. The molecule has 0 amide bonds. The van der Waals surface area contributed by atoms with Crippen molar-refractivity contribution in [1.82, 2.24) is 0 Å². The molecule has 0 unspecified atom stereocenters. The maximum absolute atomic E-state index is 13.4. The molecule has 0 spiro atoms. The van der Waals surface area contributed by atoms with E-state index in [4.69, 9.17) is 9.13 Å². The lowest BCUT2D eigenvalue weighted by atomic mass is 10.1. The van der Waals surface area contributed by atoms with Crippen molar-refractivity contribution in [2.45, 2.75) is 51.4 Å². The number of ether oxygens (including phenoxy) is 1. The molecule has 1 fully saturated rings. The van der Waals surface area contributed by atoms with Gasteiger partial charge in [0.05, 0.1) is 11.2 Å². The molecule has 178 valence electrons. The summed E-state index contributed by atoms with van der Waals surface area (Å²) in [6, 6.07) is 23.1. The van der Waals surface area contributed by atoms with Crippen molar-refractivity contribution in [3.8, 4) is 0 Å². The first-order chi connectivity index (χ1) is 16.6. The Kier molecular flexibility index (Phi) is 9.77. The first-order valence-electron chi connectivity index (χ1n) is 11.4. The lowest BCUT2D eigenvalue weighted by molar-refractivity contribution is 0.236. The monoisotopic (exact) mass is 515 g/mol. The standard InChI is InChI=1S/C27H27F2NOS3/c28-21-10-14-23(15-11-21)32-27(33-24-16-12-22(29)13-17-24)18-26(31-19-20-6-4-5-7-20)30-34-25-8-2-1-3-9-25/h1-3,8-17,20,27H,4-7,18-19H2. The summed E-state index contributed by atoms with van der Waals surface area (Å²) < 4.78 is 37.9. The highest BCUT2D eigenvalue weighted by molar-refractivity contribution is 8.17. The zero-order chi connectivity index (χ0) is 23.6. The SMILES string of the molecule is Fc1ccc(SC(CC(=NSc2ccccc2)OCC2CCCC2)Sc2ccc(F)cc2)cc1. The number of thioether (sulfide) groups is 2. The summed E-state index contributed by atoms with van der Waals surface area (Å²) in [4.78, 5) is 2.98. The number of nitrogens with zero attached hydrogens (tertiary/aromatic N) is 1. The second-order valence-corrected chi connectivity index (χ2v) is 11.8. The summed E-state index contributed by atoms with van der Waals surface area (Å²) in [6.45, 7) is 0.684. The molecule has 0 aliphatic heterocycles. The molecular weight excluding hydrogens is 489 g/mol. The zero-order valence-electron chi connectivity index (χ0n) is 18.7. The minimum atomic E-state index is -0.256. The molecule has 1 aliphatic carbocycles. The van der Waals surface area contributed by atoms with E-state index >= 15 is 0 Å². The van der Waals surface area contributed by atoms with Crippen molar-refractivity contribution in [2.24, 2.45) is 10.3 Å². The molecule has 0 radical (unpaired) electrons. The van der Waals surface area contributed by atoms with Gasteiger partial charge in [-0.1, -0.05) is 31.0 Å². The predicted octanol–water partition coefficient (Wildman–Crippen LogP) is 8.88. The summed E-state index contributed by atoms with van der Waals surface area (Å²) in [6.07, 6.45) is 5.54. The molecule has 0 saturated heterocycles. The lowest BCUT2D eigenvalue weighted by Gasteiger charge is -2.19. The van der Waals surface area contributed by atoms with Gasteiger partial charge in [0.1, 0.15) is 11.6 Å². The summed E-state index contributed by atoms with van der Waals surface area (Å²) >= 11 is 4.69. The Labute approximate surface area is 213 Å². The Hall–Kier alpha value is -1.96. The van der Waals surface area contributed by atoms with Crippen LogP contribution in [0.1, 0.15) is 32.1 Å². The molecule has 1 saturated carbocycles. The minimum Gasteiger partial charge on any atom is -0.480 e. The van der Waals surface area contributed by atoms with E-state index in [0.29, 0.717) is 24.8 Å². The Morgan fingerprint density at radius 2 is 1.35 bits per heavy atom. The molecule has 0 bridgehead atoms. The molecule has 0 N–H and O–H groups in total. The van der Waals surface area contributed by atoms with Gasteiger partial charge in [0.2, 0.25) is 0 Å². The molecular formula is C27H27F2NOS3. The van der Waals surface area contributed by atoms with Crippen LogP contribution in [-0.2, 0) is 4.74 Å². The average Bonchev–Trinajstić information content (AvgIpc) is 3.38. The van der Waals surface area contributed by atoms with E-state index < -0.39 is 0 Å². The number of hydrogen-bond acceptors (Lipinski definition) is 5. The van der Waals surface area contributed by atoms with Crippen LogP contribution in [0.3, 0.4) is 0 Å². The zero-order valence-corrected chi connectivity index (χ0v) is 21.2. The molecule has 34 heavy (non-hydrogen) atoms. The van der Waals surface area contributed by atoms with Gasteiger partial charge < -0.3 is 4.74 Å². The van der Waals surface area contributed by atoms with Crippen LogP contribution in [0, 0.1) is 17.6 Å². The van der Waals surface area contributed by atoms with Gasteiger partial charge in [0, 0.05) is 33.1 Å². The minimum absolute atomic E-state index is 0.0228. The molecule has 0 aromatic heterocycles. The van der Waals surface area contributed by atoms with Crippen molar-refractivity contribution >= 4 is 41.4 Å². The highest BCUT2D eigenvalue weighted by Gasteiger charge is 2.21. The molecule has 7 heteroatoms. The second kappa shape index (κ2) is 13.2. The Morgan fingerprint density at radius 1 is 0.794 bits per heavy atom. The van der Waals surface area contributed by atoms with Crippen molar-refractivity contribution in [3.05, 3.63) is 90.5 Å². The van der Waals surface area contributed by atoms with Crippen molar-refractivity contribution < 1.29 is 13.5 Å². The summed E-state index contributed by atoms with van der Waals surface area (Å²) in [5, 5.41) is 0. The smallest absolute Gasteiger partial charge is 0.197 e. The number of hydrogen-bond donors (Lipinski definition) is 0. The number of benzene rings is 3. The number of halogens is 2. The van der Waals surface area contributed by atoms with Gasteiger partial charge in [0.25, 0.3) is 0 Å². The van der Waals surface area contributed by atoms with E-state index in [1.165, 1.54) is 61.9 Å². The lowest BCUT2D eigenvalue weighted by Crippen LogP contribution is -2.15. The van der Waals surface area contributed by atoms with Crippen LogP contribution in [0.25, 0.3) is 0 Å². The predicted molar refractivity (Wildman–Crippen MR) is 141 cm³/mol. The van der Waals surface area contributed by atoms with Gasteiger partial charge in [-0.25, -0.2) is 8.78 Å². The van der Waals surface area contributed by atoms with Crippen LogP contribution in [0.15, 0.2) is 97.9 Å². The third-order valence-corrected chi connectivity index (χ3v) is 8.76. The highest BCUT2D eigenvalue weighted by Crippen LogP contribution is 2.38. The van der Waals surface area contributed by atoms with E-state index in [0.717, 1.165) is 14.7 Å². The Balaban J connectivity index is 1.51. The molecule has 0 atom stereocenters. The molecule has 4 rings (SSSR count). The fraction of sp³-hybridized carbons (Fsp3) is 0.296. The van der Waals surface area contributed by atoms with E-state index in [9.17, 15) is 8.78 Å². The van der Waals surface area contributed by atoms with Gasteiger partial charge in [0.15, 0.2) is 5.90 Å². The summed E-state index contributed by atoms with van der Waals surface area (Å²) in [7, 11) is 0. The molecule has 0 heterocycles. The molecule has 3 aromatic carbocycles. The summed E-state index contributed by atoms with van der Waals surface area (Å²) in [5.41, 5.74) is 0. The van der Waals surface area contributed by atoms with E-state index in [1.54, 1.807) is 47.8 Å². The quantitative estimate of drug-likeness (QED) is 0.0883. The van der Waals surface area contributed by atoms with E-state index in [1.807, 2.05) is 30.3 Å². The van der Waals surface area contributed by atoms with Crippen molar-refractivity contribution in [1.29, 1.82) is 0 Å². The maximum atomic E-state index is 13.4. The first kappa shape index (κ1) is 25.1. The molecule has 1 aliphatic rings. The van der Waals surface area contributed by atoms with Crippen LogP contribution in [-0.4, -0.2) is 17.1 Å². The summed E-state index contributed by atoms with van der Waals surface area (Å²) in [5.74, 6) is 0.775. The van der Waals surface area contributed by atoms with Gasteiger partial charge in [-0.15, -0.1) is 23.5 Å². The largest absolute Gasteiger partial charge is 0.480 e. The van der Waals surface area contributed by atoms with Crippen LogP contribution in [0.5, 0.6) is 0 Å². The van der Waals surface area contributed by atoms with Crippen molar-refractivity contribution in [2.75, 3.05) is 6.61 Å². The third kappa shape index (κ3) is 8.36. The molecule has 3 aromatic rings. The number of rotatable bonds is 10. The topological polar surface area (TPSA) is 21.6 Å². The van der Waals surface area contributed by atoms with Gasteiger partial charge >= 0.3 is 0 Å². The molecule has 2 nitrogen and oxygen atoms in total. The van der Waals surface area contributed by atoms with Crippen LogP contribution in [0.4, 0.5) is 8.78 Å². The fourth-order valence-corrected chi connectivity index (χ4v) is 6.80. The third-order valence-electron chi connectivity index (χ3n) is 5.46. The first-order valence-corrected chi connectivity index (χ1v) is 13.9.